The normalized spacial score (nSPS) is 11.9. The van der Waals surface area contributed by atoms with E-state index in [0.717, 1.165) is 42.4 Å². The number of fused-ring (bicyclic) bond motifs is 1. The number of para-hydroxylation sites is 1. The second kappa shape index (κ2) is 8.16. The molecule has 0 radical (unpaired) electrons. The molecule has 2 aromatic heterocycles. The molecular weight excluding hydrogens is 332 g/mol. The third kappa shape index (κ3) is 4.39. The van der Waals surface area contributed by atoms with Crippen molar-refractivity contribution < 1.29 is 4.42 Å². The van der Waals surface area contributed by atoms with Gasteiger partial charge < -0.3 is 15.1 Å². The predicted octanol–water partition coefficient (Wildman–Crippen LogP) is 3.80. The molecule has 132 valence electrons. The monoisotopic (exact) mass is 356 g/mol. The zero-order valence-corrected chi connectivity index (χ0v) is 15.7. The van der Waals surface area contributed by atoms with Crippen molar-refractivity contribution in [2.75, 3.05) is 13.6 Å². The van der Waals surface area contributed by atoms with E-state index in [1.54, 1.807) is 18.4 Å². The van der Waals surface area contributed by atoms with Gasteiger partial charge in [0.2, 0.25) is 0 Å². The second-order valence-electron chi connectivity index (χ2n) is 5.99. The Bertz CT molecular complexity index is 865. The molecule has 2 N–H and O–H groups in total. The van der Waals surface area contributed by atoms with Crippen LogP contribution < -0.4 is 10.6 Å². The van der Waals surface area contributed by atoms with Crippen molar-refractivity contribution in [3.8, 4) is 0 Å². The standard InChI is InChI=1S/C19H24N4OS/c1-13-12-25-18(23-13)9-6-10-21-19(20-3)22-11-17-14(2)15-7-4-5-8-16(15)24-17/h4-5,7-8,12H,6,9-11H2,1-3H3,(H2,20,21,22). The lowest BCUT2D eigenvalue weighted by Gasteiger charge is -2.10. The Morgan fingerprint density at radius 2 is 2.08 bits per heavy atom. The zero-order chi connectivity index (χ0) is 17.6. The molecule has 1 aromatic carbocycles. The molecule has 0 aliphatic carbocycles. The maximum absolute atomic E-state index is 5.93. The fraction of sp³-hybridized carbons (Fsp3) is 0.368. The lowest BCUT2D eigenvalue weighted by molar-refractivity contribution is 0.534. The summed E-state index contributed by atoms with van der Waals surface area (Å²) in [5, 5.41) is 11.1. The van der Waals surface area contributed by atoms with Gasteiger partial charge >= 0.3 is 0 Å². The molecule has 0 fully saturated rings. The molecule has 0 spiro atoms. The van der Waals surface area contributed by atoms with Crippen LogP contribution in [0.1, 0.15) is 28.4 Å². The molecule has 0 bridgehead atoms. The molecule has 0 atom stereocenters. The summed E-state index contributed by atoms with van der Waals surface area (Å²) in [6.45, 7) is 5.60. The van der Waals surface area contributed by atoms with Gasteiger partial charge in [0, 0.05) is 42.0 Å². The highest BCUT2D eigenvalue weighted by Gasteiger charge is 2.10. The van der Waals surface area contributed by atoms with Crippen LogP contribution in [0, 0.1) is 13.8 Å². The molecule has 0 saturated carbocycles. The number of nitrogens with one attached hydrogen (secondary N) is 2. The number of thiazole rings is 1. The minimum atomic E-state index is 0.617. The Kier molecular flexibility index (Phi) is 5.71. The molecule has 0 aliphatic rings. The molecule has 3 aromatic rings. The number of aromatic nitrogens is 1. The van der Waals surface area contributed by atoms with E-state index < -0.39 is 0 Å². The van der Waals surface area contributed by atoms with Gasteiger partial charge in [-0.05, 0) is 26.3 Å². The number of hydrogen-bond acceptors (Lipinski definition) is 4. The summed E-state index contributed by atoms with van der Waals surface area (Å²) in [7, 11) is 1.78. The first-order valence-electron chi connectivity index (χ1n) is 8.50. The van der Waals surface area contributed by atoms with Crippen LogP contribution in [0.15, 0.2) is 39.1 Å². The number of aliphatic imine (C=N–C) groups is 1. The maximum atomic E-state index is 5.93. The molecule has 0 aliphatic heterocycles. The Morgan fingerprint density at radius 3 is 2.80 bits per heavy atom. The van der Waals surface area contributed by atoms with Crippen molar-refractivity contribution in [3.63, 3.8) is 0 Å². The first kappa shape index (κ1) is 17.5. The van der Waals surface area contributed by atoms with E-state index in [-0.39, 0.29) is 0 Å². The molecule has 6 heteroatoms. The van der Waals surface area contributed by atoms with Crippen LogP contribution in [-0.2, 0) is 13.0 Å². The summed E-state index contributed by atoms with van der Waals surface area (Å²) < 4.78 is 5.93. The number of benzene rings is 1. The third-order valence-corrected chi connectivity index (χ3v) is 5.14. The topological polar surface area (TPSA) is 62.5 Å². The van der Waals surface area contributed by atoms with Crippen LogP contribution in [0.4, 0.5) is 0 Å². The highest BCUT2D eigenvalue weighted by atomic mass is 32.1. The summed E-state index contributed by atoms with van der Waals surface area (Å²) in [6, 6.07) is 8.11. The number of hydrogen-bond donors (Lipinski definition) is 2. The van der Waals surface area contributed by atoms with Crippen LogP contribution in [0.2, 0.25) is 0 Å². The van der Waals surface area contributed by atoms with Crippen LogP contribution in [0.5, 0.6) is 0 Å². The number of aryl methyl sites for hydroxylation is 3. The van der Waals surface area contributed by atoms with E-state index in [1.807, 2.05) is 25.1 Å². The average Bonchev–Trinajstić information content (AvgIpc) is 3.18. The minimum absolute atomic E-state index is 0.617. The van der Waals surface area contributed by atoms with Gasteiger partial charge in [-0.15, -0.1) is 11.3 Å². The van der Waals surface area contributed by atoms with Crippen molar-refractivity contribution in [1.82, 2.24) is 15.6 Å². The van der Waals surface area contributed by atoms with Gasteiger partial charge in [-0.1, -0.05) is 18.2 Å². The van der Waals surface area contributed by atoms with Crippen LogP contribution >= 0.6 is 11.3 Å². The Hall–Kier alpha value is -2.34. The van der Waals surface area contributed by atoms with Crippen molar-refractivity contribution in [3.05, 3.63) is 51.7 Å². The number of rotatable bonds is 6. The first-order valence-corrected chi connectivity index (χ1v) is 9.38. The molecule has 0 saturated heterocycles. The first-order chi connectivity index (χ1) is 12.2. The fourth-order valence-corrected chi connectivity index (χ4v) is 3.56. The van der Waals surface area contributed by atoms with E-state index in [4.69, 9.17) is 4.42 Å². The van der Waals surface area contributed by atoms with Crippen molar-refractivity contribution in [2.24, 2.45) is 4.99 Å². The lowest BCUT2D eigenvalue weighted by atomic mass is 10.1. The van der Waals surface area contributed by atoms with Crippen LogP contribution in [0.25, 0.3) is 11.0 Å². The summed E-state index contributed by atoms with van der Waals surface area (Å²) in [6.07, 6.45) is 2.02. The lowest BCUT2D eigenvalue weighted by Crippen LogP contribution is -2.37. The summed E-state index contributed by atoms with van der Waals surface area (Å²) in [5.41, 5.74) is 3.21. The van der Waals surface area contributed by atoms with Crippen molar-refractivity contribution >= 4 is 28.3 Å². The van der Waals surface area contributed by atoms with E-state index in [2.05, 4.69) is 39.0 Å². The quantitative estimate of drug-likeness (QED) is 0.401. The molecule has 0 unspecified atom stereocenters. The molecule has 2 heterocycles. The fourth-order valence-electron chi connectivity index (χ4n) is 2.74. The van der Waals surface area contributed by atoms with Gasteiger partial charge in [0.25, 0.3) is 0 Å². The van der Waals surface area contributed by atoms with Gasteiger partial charge in [0.05, 0.1) is 11.6 Å². The predicted molar refractivity (Wildman–Crippen MR) is 104 cm³/mol. The van der Waals surface area contributed by atoms with Gasteiger partial charge in [0.1, 0.15) is 11.3 Å². The van der Waals surface area contributed by atoms with E-state index >= 15 is 0 Å². The smallest absolute Gasteiger partial charge is 0.191 e. The summed E-state index contributed by atoms with van der Waals surface area (Å²) in [5.74, 6) is 1.73. The second-order valence-corrected chi connectivity index (χ2v) is 6.93. The highest BCUT2D eigenvalue weighted by Crippen LogP contribution is 2.24. The van der Waals surface area contributed by atoms with Gasteiger partial charge in [-0.2, -0.15) is 0 Å². The molecule has 25 heavy (non-hydrogen) atoms. The Balaban J connectivity index is 1.48. The summed E-state index contributed by atoms with van der Waals surface area (Å²) in [4.78, 5) is 8.76. The largest absolute Gasteiger partial charge is 0.459 e. The van der Waals surface area contributed by atoms with Gasteiger partial charge in [0.15, 0.2) is 5.96 Å². The van der Waals surface area contributed by atoms with Crippen molar-refractivity contribution in [2.45, 2.75) is 33.2 Å². The van der Waals surface area contributed by atoms with Crippen LogP contribution in [0.3, 0.4) is 0 Å². The van der Waals surface area contributed by atoms with Gasteiger partial charge in [-0.3, -0.25) is 4.99 Å². The average molecular weight is 356 g/mol. The maximum Gasteiger partial charge on any atom is 0.191 e. The number of nitrogens with zero attached hydrogens (tertiary/aromatic N) is 2. The molecule has 0 amide bonds. The molecule has 5 nitrogen and oxygen atoms in total. The SMILES string of the molecule is CN=C(NCCCc1nc(C)cs1)NCc1oc2ccccc2c1C. The minimum Gasteiger partial charge on any atom is -0.459 e. The Morgan fingerprint density at radius 1 is 1.24 bits per heavy atom. The highest BCUT2D eigenvalue weighted by molar-refractivity contribution is 7.09. The van der Waals surface area contributed by atoms with E-state index in [0.29, 0.717) is 6.54 Å². The van der Waals surface area contributed by atoms with Crippen LogP contribution in [-0.4, -0.2) is 24.5 Å². The number of furan rings is 1. The summed E-state index contributed by atoms with van der Waals surface area (Å²) >= 11 is 1.73. The zero-order valence-electron chi connectivity index (χ0n) is 14.9. The number of guanidine groups is 1. The third-order valence-electron chi connectivity index (χ3n) is 4.11. The van der Waals surface area contributed by atoms with Crippen molar-refractivity contribution in [1.29, 1.82) is 0 Å². The Labute approximate surface area is 152 Å². The molecule has 3 rings (SSSR count). The van der Waals surface area contributed by atoms with E-state index in [9.17, 15) is 0 Å². The molecular formula is C19H24N4OS. The van der Waals surface area contributed by atoms with Gasteiger partial charge in [-0.25, -0.2) is 4.98 Å². The van der Waals surface area contributed by atoms with E-state index in [1.165, 1.54) is 16.0 Å².